The molecule has 0 saturated carbocycles. The summed E-state index contributed by atoms with van der Waals surface area (Å²) in [6.45, 7) is 1.97. The van der Waals surface area contributed by atoms with E-state index in [4.69, 9.17) is 4.52 Å². The first-order chi connectivity index (χ1) is 14.2. The molecule has 0 saturated heterocycles. The largest absolute Gasteiger partial charge is 0.350 e. The topological polar surface area (TPSA) is 98.7 Å². The Bertz CT molecular complexity index is 1040. The number of hydrogen-bond acceptors (Lipinski definition) is 7. The third-order valence-corrected chi connectivity index (χ3v) is 5.32. The van der Waals surface area contributed by atoms with Crippen LogP contribution in [0.4, 0.5) is 0 Å². The Labute approximate surface area is 171 Å². The number of nitrogens with zero attached hydrogens (tertiary/aromatic N) is 5. The average molecular weight is 408 g/mol. The highest BCUT2D eigenvalue weighted by molar-refractivity contribution is 7.13. The summed E-state index contributed by atoms with van der Waals surface area (Å²) >= 11 is 1.57. The third kappa shape index (κ3) is 4.75. The van der Waals surface area contributed by atoms with Gasteiger partial charge >= 0.3 is 0 Å². The number of aromatic nitrogens is 5. The number of nitrogens with one attached hydrogen (secondary N) is 1. The second kappa shape index (κ2) is 8.78. The molecule has 1 amide bonds. The van der Waals surface area contributed by atoms with Crippen LogP contribution in [-0.4, -0.2) is 30.8 Å². The normalized spacial score (nSPS) is 12.0. The number of aryl methyl sites for hydroxylation is 1. The molecule has 0 spiro atoms. The van der Waals surface area contributed by atoms with E-state index in [0.29, 0.717) is 31.0 Å². The second-order valence-corrected chi connectivity index (χ2v) is 7.51. The summed E-state index contributed by atoms with van der Waals surface area (Å²) < 4.78 is 6.95. The van der Waals surface area contributed by atoms with Crippen molar-refractivity contribution in [2.45, 2.75) is 32.2 Å². The number of hydrogen-bond donors (Lipinski definition) is 1. The lowest BCUT2D eigenvalue weighted by atomic mass is 10.1. The van der Waals surface area contributed by atoms with Crippen molar-refractivity contribution in [2.24, 2.45) is 0 Å². The summed E-state index contributed by atoms with van der Waals surface area (Å²) in [5, 5.41) is 13.1. The highest BCUT2D eigenvalue weighted by atomic mass is 32.1. The van der Waals surface area contributed by atoms with E-state index in [-0.39, 0.29) is 11.9 Å². The molecule has 0 bridgehead atoms. The molecule has 0 aliphatic carbocycles. The SMILES string of the molecule is CC(NC(=O)CCCc1nc(-c2cccs2)no1)c1ccc(-n2cncn2)cc1. The van der Waals surface area contributed by atoms with E-state index in [2.05, 4.69) is 25.5 Å². The van der Waals surface area contributed by atoms with E-state index in [9.17, 15) is 4.79 Å². The predicted molar refractivity (Wildman–Crippen MR) is 108 cm³/mol. The van der Waals surface area contributed by atoms with Gasteiger partial charge in [0, 0.05) is 12.8 Å². The quantitative estimate of drug-likeness (QED) is 0.478. The summed E-state index contributed by atoms with van der Waals surface area (Å²) in [5.74, 6) is 1.15. The second-order valence-electron chi connectivity index (χ2n) is 6.56. The van der Waals surface area contributed by atoms with Gasteiger partial charge in [-0.25, -0.2) is 9.67 Å². The van der Waals surface area contributed by atoms with E-state index in [0.717, 1.165) is 16.1 Å². The third-order valence-electron chi connectivity index (χ3n) is 4.46. The molecule has 3 heterocycles. The molecule has 8 nitrogen and oxygen atoms in total. The minimum atomic E-state index is -0.0823. The van der Waals surface area contributed by atoms with Gasteiger partial charge in [0.1, 0.15) is 12.7 Å². The van der Waals surface area contributed by atoms with Crippen LogP contribution >= 0.6 is 11.3 Å². The minimum Gasteiger partial charge on any atom is -0.350 e. The summed E-state index contributed by atoms with van der Waals surface area (Å²) in [7, 11) is 0. The Morgan fingerprint density at radius 3 is 2.86 bits per heavy atom. The van der Waals surface area contributed by atoms with Gasteiger partial charge in [-0.1, -0.05) is 23.4 Å². The predicted octanol–water partition coefficient (Wildman–Crippen LogP) is 3.58. The smallest absolute Gasteiger partial charge is 0.226 e. The highest BCUT2D eigenvalue weighted by Gasteiger charge is 2.12. The molecular formula is C20H20N6O2S. The zero-order valence-electron chi connectivity index (χ0n) is 15.9. The highest BCUT2D eigenvalue weighted by Crippen LogP contribution is 2.21. The Kier molecular flexibility index (Phi) is 5.76. The van der Waals surface area contributed by atoms with Gasteiger partial charge in [0.25, 0.3) is 0 Å². The molecule has 0 aliphatic heterocycles. The average Bonchev–Trinajstić information content (AvgIpc) is 3.50. The lowest BCUT2D eigenvalue weighted by Gasteiger charge is -2.14. The van der Waals surface area contributed by atoms with E-state index < -0.39 is 0 Å². The molecule has 3 aromatic heterocycles. The lowest BCUT2D eigenvalue weighted by Crippen LogP contribution is -2.26. The van der Waals surface area contributed by atoms with Crippen LogP contribution in [0, 0.1) is 0 Å². The number of benzene rings is 1. The van der Waals surface area contributed by atoms with Crippen molar-refractivity contribution in [2.75, 3.05) is 0 Å². The van der Waals surface area contributed by atoms with Gasteiger partial charge in [-0.15, -0.1) is 11.3 Å². The van der Waals surface area contributed by atoms with E-state index in [1.165, 1.54) is 6.33 Å². The molecule has 1 atom stereocenters. The van der Waals surface area contributed by atoms with Crippen molar-refractivity contribution < 1.29 is 9.32 Å². The van der Waals surface area contributed by atoms with Gasteiger partial charge < -0.3 is 9.84 Å². The molecule has 0 fully saturated rings. The fraction of sp³-hybridized carbons (Fsp3) is 0.250. The molecule has 1 N–H and O–H groups in total. The van der Waals surface area contributed by atoms with Crippen LogP contribution in [-0.2, 0) is 11.2 Å². The number of carbonyl (C=O) groups excluding carboxylic acids is 1. The zero-order valence-corrected chi connectivity index (χ0v) is 16.7. The number of amides is 1. The van der Waals surface area contributed by atoms with Gasteiger partial charge in [0.05, 0.1) is 16.6 Å². The van der Waals surface area contributed by atoms with E-state index in [1.54, 1.807) is 22.3 Å². The van der Waals surface area contributed by atoms with E-state index >= 15 is 0 Å². The number of rotatable bonds is 8. The Hall–Kier alpha value is -3.33. The lowest BCUT2D eigenvalue weighted by molar-refractivity contribution is -0.121. The first-order valence-electron chi connectivity index (χ1n) is 9.30. The van der Waals surface area contributed by atoms with Crippen LogP contribution in [0.25, 0.3) is 16.4 Å². The molecular weight excluding hydrogens is 388 g/mol. The maximum Gasteiger partial charge on any atom is 0.226 e. The molecule has 9 heteroatoms. The number of carbonyl (C=O) groups is 1. The fourth-order valence-corrected chi connectivity index (χ4v) is 3.57. The molecule has 0 aliphatic rings. The first-order valence-corrected chi connectivity index (χ1v) is 10.2. The van der Waals surface area contributed by atoms with Crippen molar-refractivity contribution in [3.8, 4) is 16.4 Å². The van der Waals surface area contributed by atoms with Crippen LogP contribution in [0.1, 0.15) is 37.3 Å². The molecule has 1 unspecified atom stereocenters. The van der Waals surface area contributed by atoms with Crippen LogP contribution in [0.5, 0.6) is 0 Å². The fourth-order valence-electron chi connectivity index (χ4n) is 2.92. The van der Waals surface area contributed by atoms with Gasteiger partial charge in [-0.3, -0.25) is 4.79 Å². The van der Waals surface area contributed by atoms with Crippen LogP contribution in [0.15, 0.2) is 59.0 Å². The summed E-state index contributed by atoms with van der Waals surface area (Å²) in [6, 6.07) is 11.7. The summed E-state index contributed by atoms with van der Waals surface area (Å²) in [6.07, 6.45) is 4.77. The number of thiophene rings is 1. The maximum absolute atomic E-state index is 12.3. The van der Waals surface area contributed by atoms with Crippen molar-refractivity contribution in [3.05, 3.63) is 65.9 Å². The molecule has 4 rings (SSSR count). The van der Waals surface area contributed by atoms with Crippen molar-refractivity contribution in [3.63, 3.8) is 0 Å². The van der Waals surface area contributed by atoms with Gasteiger partial charge in [0.2, 0.25) is 17.6 Å². The maximum atomic E-state index is 12.3. The van der Waals surface area contributed by atoms with E-state index in [1.807, 2.05) is 48.7 Å². The van der Waals surface area contributed by atoms with Crippen molar-refractivity contribution in [1.82, 2.24) is 30.2 Å². The van der Waals surface area contributed by atoms with Crippen LogP contribution < -0.4 is 5.32 Å². The minimum absolute atomic E-state index is 0.00384. The van der Waals surface area contributed by atoms with Crippen LogP contribution in [0.3, 0.4) is 0 Å². The standard InChI is InChI=1S/C20H20N6O2S/c1-14(15-7-9-16(10-8-15)26-13-21-12-22-26)23-18(27)5-2-6-19-24-20(25-28-19)17-4-3-11-29-17/h3-4,7-14H,2,5-6H2,1H3,(H,23,27). The monoisotopic (exact) mass is 408 g/mol. The van der Waals surface area contributed by atoms with Gasteiger partial charge in [0.15, 0.2) is 0 Å². The molecule has 29 heavy (non-hydrogen) atoms. The molecule has 4 aromatic rings. The molecule has 1 aromatic carbocycles. The van der Waals surface area contributed by atoms with Crippen LogP contribution in [0.2, 0.25) is 0 Å². The summed E-state index contributed by atoms with van der Waals surface area (Å²) in [4.78, 5) is 21.6. The molecule has 0 radical (unpaired) electrons. The Balaban J connectivity index is 1.24. The zero-order chi connectivity index (χ0) is 20.1. The Morgan fingerprint density at radius 1 is 1.28 bits per heavy atom. The molecule has 148 valence electrons. The first kappa shape index (κ1) is 19.0. The van der Waals surface area contributed by atoms with Crippen molar-refractivity contribution in [1.29, 1.82) is 0 Å². The Morgan fingerprint density at radius 2 is 2.14 bits per heavy atom. The van der Waals surface area contributed by atoms with Crippen molar-refractivity contribution >= 4 is 17.2 Å². The summed E-state index contributed by atoms with van der Waals surface area (Å²) in [5.41, 5.74) is 1.95. The van der Waals surface area contributed by atoms with Gasteiger partial charge in [-0.2, -0.15) is 10.1 Å². The van der Waals surface area contributed by atoms with Gasteiger partial charge in [-0.05, 0) is 42.5 Å².